The summed E-state index contributed by atoms with van der Waals surface area (Å²) in [6.07, 6.45) is -1.26. The fourth-order valence-electron chi connectivity index (χ4n) is 4.43. The standard InChI is InChI=1S/C22H35N7O8P.F6P/c1-13(30)33-10-16-18(34-14(2)31)19(35-15(3)32)22(36-16)29-12-25-17-20(29)23-11-24-21(17)37-38(26(4)5,27(6)7)28(8)9;1-7(2,3,4,5)6/h11-12,16,18-19,22H,10H2,1-9H3;/q+1;-1/t16-,18-,19-,22-;/m1./s1. The third-order valence-electron chi connectivity index (χ3n) is 5.71. The Kier molecular flexibility index (Phi) is 11.1. The van der Waals surface area contributed by atoms with Gasteiger partial charge in [0.25, 0.3) is 0 Å². The second kappa shape index (κ2) is 13.0. The first-order valence-electron chi connectivity index (χ1n) is 12.7. The van der Waals surface area contributed by atoms with E-state index < -0.39 is 58.2 Å². The summed E-state index contributed by atoms with van der Waals surface area (Å²) in [4.78, 5) is 48.5. The van der Waals surface area contributed by atoms with Crippen LogP contribution < -0.4 is 4.52 Å². The minimum absolute atomic E-state index is 0.223. The first-order chi connectivity index (χ1) is 20.2. The van der Waals surface area contributed by atoms with Crippen molar-refractivity contribution in [2.24, 2.45) is 0 Å². The second-order valence-corrected chi connectivity index (χ2v) is 15.6. The second-order valence-electron chi connectivity index (χ2n) is 10.1. The van der Waals surface area contributed by atoms with E-state index in [1.807, 2.05) is 56.3 Å². The number of imidazole rings is 1. The number of ether oxygens (including phenoxy) is 4. The Morgan fingerprint density at radius 1 is 0.844 bits per heavy atom. The Bertz CT molecular complexity index is 1370. The number of carbonyl (C=O) groups excluding carboxylic acids is 3. The van der Waals surface area contributed by atoms with Gasteiger partial charge in [0.15, 0.2) is 29.6 Å². The molecule has 258 valence electrons. The number of rotatable bonds is 10. The van der Waals surface area contributed by atoms with Gasteiger partial charge in [0.1, 0.15) is 19.0 Å². The number of fused-ring (bicyclic) bond motifs is 1. The SMILES string of the molecule is CC(=O)OC[C@H]1O[C@@H](n2cnc3c(O[P+](N(C)C)(N(C)C)N(C)C)ncnc32)[C@H](OC(C)=O)[C@@H]1OC(C)=O.F[P-](F)(F)(F)(F)F. The molecule has 0 radical (unpaired) electrons. The predicted molar refractivity (Wildman–Crippen MR) is 149 cm³/mol. The molecule has 0 aromatic carbocycles. The number of hydrogen-bond acceptors (Lipinski definition) is 14. The van der Waals surface area contributed by atoms with Crippen LogP contribution in [-0.4, -0.2) is 119 Å². The van der Waals surface area contributed by atoms with E-state index in [0.717, 1.165) is 0 Å². The summed E-state index contributed by atoms with van der Waals surface area (Å²) in [7, 11) is -1.65. The molecule has 2 aromatic rings. The van der Waals surface area contributed by atoms with Gasteiger partial charge in [0, 0.05) is 63.1 Å². The molecule has 0 bridgehead atoms. The van der Waals surface area contributed by atoms with E-state index in [9.17, 15) is 39.6 Å². The zero-order chi connectivity index (χ0) is 34.8. The average Bonchev–Trinajstić information content (AvgIpc) is 3.40. The van der Waals surface area contributed by atoms with Gasteiger partial charge in [-0.05, 0) is 0 Å². The molecule has 45 heavy (non-hydrogen) atoms. The number of esters is 3. The monoisotopic (exact) mass is 701 g/mol. The van der Waals surface area contributed by atoms with E-state index in [1.165, 1.54) is 33.4 Å². The molecule has 0 spiro atoms. The van der Waals surface area contributed by atoms with Gasteiger partial charge < -0.3 is 18.9 Å². The fourth-order valence-corrected chi connectivity index (χ4v) is 7.44. The van der Waals surface area contributed by atoms with Crippen molar-refractivity contribution in [2.75, 3.05) is 48.9 Å². The zero-order valence-corrected chi connectivity index (χ0v) is 27.5. The molecule has 0 N–H and O–H groups in total. The van der Waals surface area contributed by atoms with Gasteiger partial charge in [0.2, 0.25) is 0 Å². The average molecular weight is 701 g/mol. The molecule has 0 unspecified atom stereocenters. The molecule has 0 amide bonds. The van der Waals surface area contributed by atoms with Gasteiger partial charge in [0.05, 0.1) is 6.33 Å². The van der Waals surface area contributed by atoms with Crippen molar-refractivity contribution in [3.05, 3.63) is 12.7 Å². The van der Waals surface area contributed by atoms with Gasteiger partial charge in [-0.15, -0.1) is 14.0 Å². The summed E-state index contributed by atoms with van der Waals surface area (Å²) >= 11 is 0. The molecule has 1 aliphatic rings. The Hall–Kier alpha value is -2.96. The van der Waals surface area contributed by atoms with E-state index >= 15 is 0 Å². The molecule has 4 atom stereocenters. The third-order valence-corrected chi connectivity index (χ3v) is 9.26. The Morgan fingerprint density at radius 2 is 1.33 bits per heavy atom. The van der Waals surface area contributed by atoms with Crippen molar-refractivity contribution in [2.45, 2.75) is 45.3 Å². The van der Waals surface area contributed by atoms with Crippen molar-refractivity contribution in [3.8, 4) is 5.88 Å². The maximum atomic E-state index is 12.0. The molecular formula is C22H35F6N7O8P2. The van der Waals surface area contributed by atoms with Crippen molar-refractivity contribution in [3.63, 3.8) is 0 Å². The van der Waals surface area contributed by atoms with Crippen LogP contribution in [0.15, 0.2) is 12.7 Å². The summed E-state index contributed by atoms with van der Waals surface area (Å²) in [5, 5.41) is 0. The van der Waals surface area contributed by atoms with E-state index in [1.54, 1.807) is 4.57 Å². The van der Waals surface area contributed by atoms with Gasteiger partial charge >= 0.3 is 64.7 Å². The molecular weight excluding hydrogens is 666 g/mol. The number of carbonyl (C=O) groups is 3. The van der Waals surface area contributed by atoms with Crippen LogP contribution in [0.4, 0.5) is 25.2 Å². The Balaban J connectivity index is 0.000000900. The van der Waals surface area contributed by atoms with Crippen LogP contribution in [0, 0.1) is 0 Å². The number of halogens is 6. The molecule has 0 saturated carbocycles. The molecule has 0 aliphatic carbocycles. The number of nitrogens with zero attached hydrogens (tertiary/aromatic N) is 7. The summed E-state index contributed by atoms with van der Waals surface area (Å²) < 4.78 is 95.4. The predicted octanol–water partition coefficient (Wildman–Crippen LogP) is 4.27. The zero-order valence-electron chi connectivity index (χ0n) is 25.7. The normalized spacial score (nSPS) is 22.0. The summed E-state index contributed by atoms with van der Waals surface area (Å²) in [6, 6.07) is 0. The quantitative estimate of drug-likeness (QED) is 0.150. The van der Waals surface area contributed by atoms with Crippen LogP contribution in [0.25, 0.3) is 11.2 Å². The molecule has 23 heteroatoms. The van der Waals surface area contributed by atoms with E-state index in [4.69, 9.17) is 23.5 Å². The van der Waals surface area contributed by atoms with E-state index in [2.05, 4.69) is 15.0 Å². The summed E-state index contributed by atoms with van der Waals surface area (Å²) in [6.45, 7) is 3.48. The molecule has 1 fully saturated rings. The minimum atomic E-state index is -10.7. The van der Waals surface area contributed by atoms with Crippen LogP contribution >= 0.6 is 15.8 Å². The third kappa shape index (κ3) is 10.8. The van der Waals surface area contributed by atoms with Crippen LogP contribution in [0.5, 0.6) is 5.88 Å². The Morgan fingerprint density at radius 3 is 1.78 bits per heavy atom. The van der Waals surface area contributed by atoms with Crippen LogP contribution in [-0.2, 0) is 33.3 Å². The molecule has 1 aliphatic heterocycles. The van der Waals surface area contributed by atoms with Gasteiger partial charge in [-0.3, -0.25) is 23.5 Å². The fraction of sp³-hybridized carbons (Fsp3) is 0.636. The van der Waals surface area contributed by atoms with E-state index in [-0.39, 0.29) is 12.5 Å². The molecule has 3 heterocycles. The Labute approximate surface area is 254 Å². The first-order valence-corrected chi connectivity index (χ1v) is 16.3. The van der Waals surface area contributed by atoms with Crippen LogP contribution in [0.1, 0.15) is 27.0 Å². The topological polar surface area (TPSA) is 151 Å². The van der Waals surface area contributed by atoms with Gasteiger partial charge in [-0.25, -0.2) is 9.97 Å². The first kappa shape index (κ1) is 38.2. The maximum absolute atomic E-state index is 12.0. The molecule has 1 saturated heterocycles. The van der Waals surface area contributed by atoms with Gasteiger partial charge in [-0.2, -0.15) is 4.98 Å². The summed E-state index contributed by atoms with van der Waals surface area (Å²) in [5.74, 6) is -1.53. The van der Waals surface area contributed by atoms with Crippen molar-refractivity contribution in [1.29, 1.82) is 0 Å². The van der Waals surface area contributed by atoms with Crippen LogP contribution in [0.2, 0.25) is 0 Å². The van der Waals surface area contributed by atoms with Gasteiger partial charge in [-0.1, -0.05) is 0 Å². The molecule has 2 aromatic heterocycles. The summed E-state index contributed by atoms with van der Waals surface area (Å²) in [5.41, 5.74) is 0.682. The molecule has 15 nitrogen and oxygen atoms in total. The van der Waals surface area contributed by atoms with E-state index in [0.29, 0.717) is 11.2 Å². The van der Waals surface area contributed by atoms with Crippen molar-refractivity contribution < 1.29 is 63.0 Å². The molecule has 3 rings (SSSR count). The van der Waals surface area contributed by atoms with Crippen molar-refractivity contribution in [1.82, 2.24) is 33.5 Å². The van der Waals surface area contributed by atoms with Crippen LogP contribution in [0.3, 0.4) is 0 Å². The van der Waals surface area contributed by atoms with Crippen molar-refractivity contribution >= 4 is 44.8 Å². The number of hydrogen-bond donors (Lipinski definition) is 0. The number of aromatic nitrogens is 4.